The molecule has 0 aliphatic carbocycles. The molecule has 1 N–H and O–H groups in total. The minimum absolute atomic E-state index is 0.274. The Morgan fingerprint density at radius 1 is 1.16 bits per heavy atom. The zero-order valence-electron chi connectivity index (χ0n) is 9.45. The van der Waals surface area contributed by atoms with E-state index in [1.54, 1.807) is 24.3 Å². The Balaban J connectivity index is 2.28. The first-order valence-electron chi connectivity index (χ1n) is 5.22. The monoisotopic (exact) mass is 419 g/mol. The summed E-state index contributed by atoms with van der Waals surface area (Å²) in [6.45, 7) is 0. The van der Waals surface area contributed by atoms with E-state index in [0.717, 1.165) is 8.95 Å². The van der Waals surface area contributed by atoms with E-state index in [4.69, 9.17) is 11.6 Å². The average molecular weight is 422 g/mol. The SMILES string of the molecule is O=C(Nc1ccc(Br)cc1Br)c1cc(S)ccc1Cl. The fourth-order valence-electron chi connectivity index (χ4n) is 1.47. The number of hydrogen-bond acceptors (Lipinski definition) is 2. The lowest BCUT2D eigenvalue weighted by Gasteiger charge is -2.09. The van der Waals surface area contributed by atoms with Gasteiger partial charge in [-0.3, -0.25) is 4.79 Å². The minimum atomic E-state index is -0.274. The number of carbonyl (C=O) groups excluding carboxylic acids is 1. The van der Waals surface area contributed by atoms with Gasteiger partial charge in [-0.2, -0.15) is 0 Å². The highest BCUT2D eigenvalue weighted by atomic mass is 79.9. The van der Waals surface area contributed by atoms with Crippen LogP contribution in [0.15, 0.2) is 50.2 Å². The molecule has 0 bridgehead atoms. The van der Waals surface area contributed by atoms with Crippen molar-refractivity contribution in [3.05, 3.63) is 55.9 Å². The molecule has 0 aliphatic heterocycles. The molecule has 0 unspecified atom stereocenters. The zero-order chi connectivity index (χ0) is 14.0. The van der Waals surface area contributed by atoms with Crippen LogP contribution in [-0.2, 0) is 0 Å². The van der Waals surface area contributed by atoms with E-state index < -0.39 is 0 Å². The molecule has 2 aromatic carbocycles. The van der Waals surface area contributed by atoms with Crippen LogP contribution in [0.2, 0.25) is 5.02 Å². The maximum Gasteiger partial charge on any atom is 0.257 e. The molecule has 0 aromatic heterocycles. The number of amides is 1. The number of nitrogens with one attached hydrogen (secondary N) is 1. The van der Waals surface area contributed by atoms with Gasteiger partial charge in [-0.25, -0.2) is 0 Å². The van der Waals surface area contributed by atoms with Crippen molar-refractivity contribution in [1.29, 1.82) is 0 Å². The maximum absolute atomic E-state index is 12.2. The van der Waals surface area contributed by atoms with E-state index in [9.17, 15) is 4.79 Å². The van der Waals surface area contributed by atoms with Gasteiger partial charge in [-0.15, -0.1) is 12.6 Å². The molecule has 0 heterocycles. The van der Waals surface area contributed by atoms with Gasteiger partial charge in [-0.1, -0.05) is 27.5 Å². The number of carbonyl (C=O) groups is 1. The normalized spacial score (nSPS) is 10.3. The predicted octanol–water partition coefficient (Wildman–Crippen LogP) is 5.41. The van der Waals surface area contributed by atoms with Gasteiger partial charge >= 0.3 is 0 Å². The van der Waals surface area contributed by atoms with Crippen LogP contribution in [0.25, 0.3) is 0 Å². The van der Waals surface area contributed by atoms with E-state index in [1.165, 1.54) is 0 Å². The molecule has 0 radical (unpaired) electrons. The number of halogens is 3. The molecule has 6 heteroatoms. The van der Waals surface area contributed by atoms with E-state index in [1.807, 2.05) is 12.1 Å². The fraction of sp³-hybridized carbons (Fsp3) is 0. The molecular formula is C13H8Br2ClNOS. The van der Waals surface area contributed by atoms with Crippen LogP contribution in [0.5, 0.6) is 0 Å². The van der Waals surface area contributed by atoms with E-state index in [-0.39, 0.29) is 5.91 Å². The van der Waals surface area contributed by atoms with Crippen LogP contribution in [0.3, 0.4) is 0 Å². The third-order valence-electron chi connectivity index (χ3n) is 2.37. The summed E-state index contributed by atoms with van der Waals surface area (Å²) in [6.07, 6.45) is 0. The Morgan fingerprint density at radius 2 is 1.89 bits per heavy atom. The molecule has 2 rings (SSSR count). The molecule has 2 aromatic rings. The van der Waals surface area contributed by atoms with E-state index in [2.05, 4.69) is 49.8 Å². The van der Waals surface area contributed by atoms with Crippen LogP contribution in [0.4, 0.5) is 5.69 Å². The molecular weight excluding hydrogens is 413 g/mol. The van der Waals surface area contributed by atoms with Gasteiger partial charge in [0.25, 0.3) is 5.91 Å². The smallest absolute Gasteiger partial charge is 0.257 e. The van der Waals surface area contributed by atoms with Crippen LogP contribution >= 0.6 is 56.1 Å². The zero-order valence-corrected chi connectivity index (χ0v) is 14.3. The lowest BCUT2D eigenvalue weighted by atomic mass is 10.2. The van der Waals surface area contributed by atoms with Gasteiger partial charge in [0.2, 0.25) is 0 Å². The summed E-state index contributed by atoms with van der Waals surface area (Å²) in [5.74, 6) is -0.274. The lowest BCUT2D eigenvalue weighted by molar-refractivity contribution is 0.102. The van der Waals surface area contributed by atoms with Crippen molar-refractivity contribution in [1.82, 2.24) is 0 Å². The van der Waals surface area contributed by atoms with Crippen molar-refractivity contribution < 1.29 is 4.79 Å². The fourth-order valence-corrected chi connectivity index (χ4v) is 3.02. The molecule has 0 spiro atoms. The maximum atomic E-state index is 12.2. The van der Waals surface area contributed by atoms with Crippen LogP contribution in [-0.4, -0.2) is 5.91 Å². The van der Waals surface area contributed by atoms with Crippen LogP contribution in [0, 0.1) is 0 Å². The standard InChI is InChI=1S/C13H8Br2ClNOS/c14-7-1-4-12(10(15)5-7)17-13(18)9-6-8(19)2-3-11(9)16/h1-6,19H,(H,17,18). The van der Waals surface area contributed by atoms with E-state index in [0.29, 0.717) is 21.2 Å². The predicted molar refractivity (Wildman–Crippen MR) is 88.5 cm³/mol. The summed E-state index contributed by atoms with van der Waals surface area (Å²) < 4.78 is 1.71. The molecule has 0 saturated carbocycles. The van der Waals surface area contributed by atoms with Gasteiger partial charge in [0, 0.05) is 13.8 Å². The Labute approximate surface area is 138 Å². The van der Waals surface area contributed by atoms with Gasteiger partial charge < -0.3 is 5.32 Å². The van der Waals surface area contributed by atoms with Crippen molar-refractivity contribution in [3.63, 3.8) is 0 Å². The number of benzene rings is 2. The summed E-state index contributed by atoms with van der Waals surface area (Å²) in [5.41, 5.74) is 1.07. The van der Waals surface area contributed by atoms with Crippen molar-refractivity contribution in [2.75, 3.05) is 5.32 Å². The molecule has 0 aliphatic rings. The summed E-state index contributed by atoms with van der Waals surface area (Å²) in [6, 6.07) is 10.5. The lowest BCUT2D eigenvalue weighted by Crippen LogP contribution is -2.12. The van der Waals surface area contributed by atoms with Crippen molar-refractivity contribution in [3.8, 4) is 0 Å². The summed E-state index contributed by atoms with van der Waals surface area (Å²) >= 11 is 17.0. The van der Waals surface area contributed by atoms with Crippen molar-refractivity contribution in [2.45, 2.75) is 4.90 Å². The van der Waals surface area contributed by atoms with Gasteiger partial charge in [-0.05, 0) is 52.3 Å². The first kappa shape index (κ1) is 14.9. The second-order valence-electron chi connectivity index (χ2n) is 3.74. The molecule has 1 amide bonds. The summed E-state index contributed by atoms with van der Waals surface area (Å²) in [4.78, 5) is 12.8. The van der Waals surface area contributed by atoms with Crippen LogP contribution in [0.1, 0.15) is 10.4 Å². The molecule has 0 atom stereocenters. The highest BCUT2D eigenvalue weighted by Crippen LogP contribution is 2.27. The topological polar surface area (TPSA) is 29.1 Å². The Hall–Kier alpha value is -0.490. The van der Waals surface area contributed by atoms with Crippen molar-refractivity contribution >= 4 is 67.7 Å². The van der Waals surface area contributed by atoms with Gasteiger partial charge in [0.05, 0.1) is 16.3 Å². The van der Waals surface area contributed by atoms with Crippen LogP contribution < -0.4 is 5.32 Å². The summed E-state index contributed by atoms with van der Waals surface area (Å²) in [5, 5.41) is 3.19. The Bertz CT molecular complexity index is 649. The molecule has 98 valence electrons. The summed E-state index contributed by atoms with van der Waals surface area (Å²) in [7, 11) is 0. The largest absolute Gasteiger partial charge is 0.321 e. The van der Waals surface area contributed by atoms with Gasteiger partial charge in [0.15, 0.2) is 0 Å². The highest BCUT2D eigenvalue weighted by Gasteiger charge is 2.12. The number of anilines is 1. The third-order valence-corrected chi connectivity index (χ3v) is 4.13. The van der Waals surface area contributed by atoms with Crippen molar-refractivity contribution in [2.24, 2.45) is 0 Å². The minimum Gasteiger partial charge on any atom is -0.321 e. The third kappa shape index (κ3) is 3.75. The highest BCUT2D eigenvalue weighted by molar-refractivity contribution is 9.11. The number of rotatable bonds is 2. The number of hydrogen-bond donors (Lipinski definition) is 2. The van der Waals surface area contributed by atoms with Gasteiger partial charge in [0.1, 0.15) is 0 Å². The number of thiol groups is 1. The quantitative estimate of drug-likeness (QED) is 0.624. The average Bonchev–Trinajstić information content (AvgIpc) is 2.35. The molecule has 19 heavy (non-hydrogen) atoms. The van der Waals surface area contributed by atoms with E-state index >= 15 is 0 Å². The second-order valence-corrected chi connectivity index (χ2v) is 6.44. The second kappa shape index (κ2) is 6.31. The first-order chi connectivity index (χ1) is 8.97. The molecule has 2 nitrogen and oxygen atoms in total. The Morgan fingerprint density at radius 3 is 2.58 bits per heavy atom. The Kier molecular flexibility index (Phi) is 4.95. The molecule has 0 fully saturated rings. The molecule has 0 saturated heterocycles. The first-order valence-corrected chi connectivity index (χ1v) is 7.63.